The number of benzene rings is 2. The predicted molar refractivity (Wildman–Crippen MR) is 107 cm³/mol. The van der Waals surface area contributed by atoms with Crippen LogP contribution in [0, 0.1) is 0 Å². The van der Waals surface area contributed by atoms with Gasteiger partial charge in [0.15, 0.2) is 11.5 Å². The number of nitrogens with one attached hydrogen (secondary N) is 1. The molecule has 7 nitrogen and oxygen atoms in total. The molecule has 3 aromatic rings. The number of methoxy groups -OCH3 is 3. The van der Waals surface area contributed by atoms with Crippen LogP contribution in [0.25, 0.3) is 10.8 Å². The Balaban J connectivity index is 2.04. The third kappa shape index (κ3) is 3.67. The summed E-state index contributed by atoms with van der Waals surface area (Å²) in [7, 11) is 4.11. The van der Waals surface area contributed by atoms with Gasteiger partial charge in [-0.05, 0) is 17.5 Å². The lowest BCUT2D eigenvalue weighted by atomic mass is 10.1. The van der Waals surface area contributed by atoms with E-state index >= 15 is 0 Å². The molecule has 0 aliphatic rings. The van der Waals surface area contributed by atoms with E-state index in [4.69, 9.17) is 14.2 Å². The van der Waals surface area contributed by atoms with Crippen molar-refractivity contribution in [2.75, 3.05) is 26.6 Å². The highest BCUT2D eigenvalue weighted by Crippen LogP contribution is 2.34. The molecule has 3 rings (SSSR count). The van der Waals surface area contributed by atoms with E-state index in [0.29, 0.717) is 22.3 Å². The Labute approximate surface area is 164 Å². The second-order valence-corrected chi connectivity index (χ2v) is 6.70. The van der Waals surface area contributed by atoms with Gasteiger partial charge in [0.2, 0.25) is 4.74 Å². The highest BCUT2D eigenvalue weighted by atomic mass is 32.1. The van der Waals surface area contributed by atoms with Crippen molar-refractivity contribution in [3.05, 3.63) is 62.4 Å². The van der Waals surface area contributed by atoms with Crippen molar-refractivity contribution in [3.8, 4) is 11.5 Å². The van der Waals surface area contributed by atoms with E-state index < -0.39 is 11.9 Å². The van der Waals surface area contributed by atoms with E-state index in [1.807, 2.05) is 0 Å². The van der Waals surface area contributed by atoms with Crippen LogP contribution in [0.2, 0.25) is 0 Å². The number of esters is 1. The van der Waals surface area contributed by atoms with Gasteiger partial charge in [-0.1, -0.05) is 29.5 Å². The summed E-state index contributed by atoms with van der Waals surface area (Å²) in [6.07, 6.45) is 0. The van der Waals surface area contributed by atoms with Crippen molar-refractivity contribution in [1.82, 2.24) is 0 Å². The lowest BCUT2D eigenvalue weighted by Gasteiger charge is -2.14. The molecule has 28 heavy (non-hydrogen) atoms. The largest absolute Gasteiger partial charge is 0.493 e. The summed E-state index contributed by atoms with van der Waals surface area (Å²) in [6, 6.07) is 11.5. The number of hydrogen-bond acceptors (Lipinski definition) is 7. The number of ether oxygens (including phenoxy) is 3. The van der Waals surface area contributed by atoms with Gasteiger partial charge in [0.1, 0.15) is 0 Å². The van der Waals surface area contributed by atoms with E-state index in [2.05, 4.69) is 5.32 Å². The quantitative estimate of drug-likeness (QED) is 0.662. The van der Waals surface area contributed by atoms with Gasteiger partial charge < -0.3 is 19.5 Å². The van der Waals surface area contributed by atoms with E-state index in [9.17, 15) is 14.4 Å². The topological polar surface area (TPSA) is 90.9 Å². The first kappa shape index (κ1) is 19.4. The fourth-order valence-electron chi connectivity index (χ4n) is 2.69. The first-order chi connectivity index (χ1) is 13.5. The molecule has 0 atom stereocenters. The van der Waals surface area contributed by atoms with Crippen LogP contribution in [-0.2, 0) is 4.74 Å². The molecule has 1 N–H and O–H groups in total. The zero-order valence-corrected chi connectivity index (χ0v) is 16.2. The Morgan fingerprint density at radius 1 is 0.964 bits per heavy atom. The summed E-state index contributed by atoms with van der Waals surface area (Å²) in [5, 5.41) is 3.87. The molecule has 1 aromatic heterocycles. The van der Waals surface area contributed by atoms with E-state index in [-0.39, 0.29) is 20.9 Å². The summed E-state index contributed by atoms with van der Waals surface area (Å²) in [4.78, 5) is 37.4. The van der Waals surface area contributed by atoms with Gasteiger partial charge in [0, 0.05) is 17.5 Å². The Kier molecular flexibility index (Phi) is 5.60. The summed E-state index contributed by atoms with van der Waals surface area (Å²) < 4.78 is 15.0. The molecule has 2 aromatic carbocycles. The predicted octanol–water partition coefficient (Wildman–Crippen LogP) is 3.32. The van der Waals surface area contributed by atoms with Crippen LogP contribution >= 0.6 is 11.3 Å². The standard InChI is InChI=1S/C20H17NO6S/c1-25-15-9-13(19(23)27-3)14(10-16(15)26-2)21-18(22)17-8-11-6-4-5-7-12(11)20(24)28-17/h4-10H,1-3H3,(H,21,22). The molecule has 0 aliphatic carbocycles. The maximum atomic E-state index is 12.8. The van der Waals surface area contributed by atoms with Gasteiger partial charge in [-0.3, -0.25) is 9.59 Å². The van der Waals surface area contributed by atoms with Crippen LogP contribution in [0.3, 0.4) is 0 Å². The Morgan fingerprint density at radius 2 is 1.64 bits per heavy atom. The number of carbonyl (C=O) groups is 2. The van der Waals surface area contributed by atoms with Gasteiger partial charge in [0.05, 0.1) is 37.5 Å². The number of hydrogen-bond donors (Lipinski definition) is 1. The third-order valence-electron chi connectivity index (χ3n) is 4.07. The van der Waals surface area contributed by atoms with Crippen molar-refractivity contribution in [2.45, 2.75) is 0 Å². The zero-order valence-electron chi connectivity index (χ0n) is 15.4. The minimum absolute atomic E-state index is 0.0987. The van der Waals surface area contributed by atoms with E-state index in [1.54, 1.807) is 30.3 Å². The van der Waals surface area contributed by atoms with Crippen LogP contribution in [0.5, 0.6) is 11.5 Å². The third-order valence-corrected chi connectivity index (χ3v) is 5.00. The maximum absolute atomic E-state index is 12.8. The van der Waals surface area contributed by atoms with Crippen molar-refractivity contribution in [1.29, 1.82) is 0 Å². The average Bonchev–Trinajstić information content (AvgIpc) is 2.72. The van der Waals surface area contributed by atoms with E-state index in [0.717, 1.165) is 11.3 Å². The molecular weight excluding hydrogens is 382 g/mol. The van der Waals surface area contributed by atoms with Crippen LogP contribution < -0.4 is 19.5 Å². The second kappa shape index (κ2) is 8.10. The molecule has 0 aliphatic heterocycles. The summed E-state index contributed by atoms with van der Waals surface area (Å²) in [5.74, 6) is -0.526. The molecule has 8 heteroatoms. The van der Waals surface area contributed by atoms with Gasteiger partial charge >= 0.3 is 5.97 Å². The highest BCUT2D eigenvalue weighted by Gasteiger charge is 2.20. The van der Waals surface area contributed by atoms with Crippen LogP contribution in [0.15, 0.2) is 47.3 Å². The molecule has 0 radical (unpaired) electrons. The number of carbonyl (C=O) groups excluding carboxylic acids is 2. The Hall–Kier alpha value is -3.39. The minimum atomic E-state index is -0.650. The van der Waals surface area contributed by atoms with Gasteiger partial charge in [-0.15, -0.1) is 0 Å². The summed E-state index contributed by atoms with van der Waals surface area (Å²) in [6.45, 7) is 0. The molecule has 0 saturated heterocycles. The van der Waals surface area contributed by atoms with Gasteiger partial charge in [0.25, 0.3) is 5.91 Å². The molecule has 1 heterocycles. The van der Waals surface area contributed by atoms with Crippen LogP contribution in [-0.4, -0.2) is 33.2 Å². The monoisotopic (exact) mass is 399 g/mol. The molecule has 0 unspecified atom stereocenters. The summed E-state index contributed by atoms with van der Waals surface area (Å²) >= 11 is 0.832. The zero-order chi connectivity index (χ0) is 20.3. The van der Waals surface area contributed by atoms with Gasteiger partial charge in [-0.25, -0.2) is 4.79 Å². The molecular formula is C20H17NO6S. The Morgan fingerprint density at radius 3 is 2.32 bits per heavy atom. The molecule has 144 valence electrons. The smallest absolute Gasteiger partial charge is 0.340 e. The number of amides is 1. The average molecular weight is 399 g/mol. The van der Waals surface area contributed by atoms with Crippen molar-refractivity contribution >= 4 is 39.7 Å². The molecule has 1 amide bonds. The molecule has 0 bridgehead atoms. The van der Waals surface area contributed by atoms with Crippen molar-refractivity contribution in [2.24, 2.45) is 0 Å². The number of rotatable bonds is 5. The lowest BCUT2D eigenvalue weighted by Crippen LogP contribution is -2.16. The SMILES string of the molecule is COC(=O)c1cc(OC)c(OC)cc1NC(=O)c1cc2ccccc2c(=O)s1. The second-order valence-electron chi connectivity index (χ2n) is 5.68. The summed E-state index contributed by atoms with van der Waals surface area (Å²) in [5.41, 5.74) is 0.281. The fraction of sp³-hybridized carbons (Fsp3) is 0.150. The number of fused-ring (bicyclic) bond motifs is 1. The lowest BCUT2D eigenvalue weighted by molar-refractivity contribution is 0.0601. The minimum Gasteiger partial charge on any atom is -0.493 e. The van der Waals surface area contributed by atoms with Crippen LogP contribution in [0.4, 0.5) is 5.69 Å². The van der Waals surface area contributed by atoms with Crippen molar-refractivity contribution < 1.29 is 23.8 Å². The molecule has 0 fully saturated rings. The fourth-order valence-corrected chi connectivity index (χ4v) is 3.52. The Bertz CT molecular complexity index is 1120. The normalized spacial score (nSPS) is 10.4. The molecule has 0 saturated carbocycles. The first-order valence-corrected chi connectivity index (χ1v) is 8.98. The van der Waals surface area contributed by atoms with Gasteiger partial charge in [-0.2, -0.15) is 0 Å². The molecule has 0 spiro atoms. The number of anilines is 1. The highest BCUT2D eigenvalue weighted by molar-refractivity contribution is 7.12. The van der Waals surface area contributed by atoms with Crippen LogP contribution in [0.1, 0.15) is 20.0 Å². The maximum Gasteiger partial charge on any atom is 0.340 e. The first-order valence-electron chi connectivity index (χ1n) is 8.17. The van der Waals surface area contributed by atoms with E-state index in [1.165, 1.54) is 33.5 Å². The van der Waals surface area contributed by atoms with Crippen molar-refractivity contribution in [3.63, 3.8) is 0 Å².